The van der Waals surface area contributed by atoms with Crippen molar-refractivity contribution in [2.75, 3.05) is 26.7 Å². The minimum Gasteiger partial charge on any atom is -0.489 e. The average Bonchev–Trinajstić information content (AvgIpc) is 2.52. The molecule has 0 bridgehead atoms. The molecule has 0 aliphatic carbocycles. The molecule has 3 N–H and O–H groups in total. The Morgan fingerprint density at radius 3 is 2.61 bits per heavy atom. The van der Waals surface area contributed by atoms with E-state index in [9.17, 15) is 0 Å². The van der Waals surface area contributed by atoms with E-state index in [1.165, 1.54) is 0 Å². The fourth-order valence-corrected chi connectivity index (χ4v) is 1.96. The number of benzene rings is 1. The van der Waals surface area contributed by atoms with Gasteiger partial charge in [0.25, 0.3) is 0 Å². The van der Waals surface area contributed by atoms with Gasteiger partial charge in [0.15, 0.2) is 5.96 Å². The second-order valence-corrected chi connectivity index (χ2v) is 6.24. The lowest BCUT2D eigenvalue weighted by Crippen LogP contribution is -2.44. The molecule has 5 nitrogen and oxygen atoms in total. The Bertz CT molecular complexity index is 506. The number of aliphatic imine (C=N–C) groups is 1. The zero-order valence-electron chi connectivity index (χ0n) is 14.8. The Hall–Kier alpha value is -2.01. The van der Waals surface area contributed by atoms with Crippen LogP contribution in [0.2, 0.25) is 0 Å². The van der Waals surface area contributed by atoms with Crippen LogP contribution in [0.25, 0.3) is 0 Å². The summed E-state index contributed by atoms with van der Waals surface area (Å²) in [6.45, 7) is 13.0. The lowest BCUT2D eigenvalue weighted by atomic mass is 10.1. The third-order valence-corrected chi connectivity index (χ3v) is 3.07. The van der Waals surface area contributed by atoms with Gasteiger partial charge in [0.1, 0.15) is 12.4 Å². The Morgan fingerprint density at radius 1 is 1.22 bits per heavy atom. The Labute approximate surface area is 140 Å². The number of guanidine groups is 1. The first kappa shape index (κ1) is 19.0. The van der Waals surface area contributed by atoms with Crippen LogP contribution in [0, 0.1) is 0 Å². The maximum atomic E-state index is 5.66. The summed E-state index contributed by atoms with van der Waals surface area (Å²) >= 11 is 0. The number of hydrogen-bond acceptors (Lipinski definition) is 3. The zero-order valence-corrected chi connectivity index (χ0v) is 14.8. The molecule has 0 amide bonds. The van der Waals surface area contributed by atoms with Gasteiger partial charge in [-0.1, -0.05) is 30.9 Å². The summed E-state index contributed by atoms with van der Waals surface area (Å²) < 4.78 is 5.66. The zero-order chi connectivity index (χ0) is 17.1. The number of para-hydroxylation sites is 1. The van der Waals surface area contributed by atoms with E-state index in [1.54, 1.807) is 13.1 Å². The lowest BCUT2D eigenvalue weighted by molar-refractivity contribution is 0.358. The van der Waals surface area contributed by atoms with Crippen LogP contribution in [0.3, 0.4) is 0 Å². The number of ether oxygens (including phenoxy) is 1. The van der Waals surface area contributed by atoms with Gasteiger partial charge >= 0.3 is 0 Å². The summed E-state index contributed by atoms with van der Waals surface area (Å²) in [5.74, 6) is 1.64. The van der Waals surface area contributed by atoms with Gasteiger partial charge in [0.05, 0.1) is 0 Å². The Kier molecular flexibility index (Phi) is 8.19. The van der Waals surface area contributed by atoms with Gasteiger partial charge in [0.2, 0.25) is 0 Å². The molecule has 128 valence electrons. The Morgan fingerprint density at radius 2 is 1.96 bits per heavy atom. The fourth-order valence-electron chi connectivity index (χ4n) is 1.96. The maximum Gasteiger partial charge on any atom is 0.191 e. The topological polar surface area (TPSA) is 57.7 Å². The molecule has 0 saturated heterocycles. The highest BCUT2D eigenvalue weighted by Gasteiger charge is 2.08. The molecule has 0 heterocycles. The van der Waals surface area contributed by atoms with E-state index in [-0.39, 0.29) is 5.54 Å². The summed E-state index contributed by atoms with van der Waals surface area (Å²) in [6, 6.07) is 7.97. The van der Waals surface area contributed by atoms with Gasteiger partial charge < -0.3 is 20.7 Å². The van der Waals surface area contributed by atoms with E-state index in [4.69, 9.17) is 4.74 Å². The van der Waals surface area contributed by atoms with Crippen LogP contribution in [0.5, 0.6) is 5.75 Å². The first-order valence-corrected chi connectivity index (χ1v) is 7.97. The molecule has 0 unspecified atom stereocenters. The summed E-state index contributed by atoms with van der Waals surface area (Å²) in [6.07, 6.45) is 1.74. The first-order chi connectivity index (χ1) is 11.0. The van der Waals surface area contributed by atoms with E-state index in [0.717, 1.165) is 30.4 Å². The molecule has 0 spiro atoms. The normalized spacial score (nSPS) is 11.9. The second kappa shape index (κ2) is 9.90. The monoisotopic (exact) mass is 318 g/mol. The summed E-state index contributed by atoms with van der Waals surface area (Å²) in [7, 11) is 1.77. The van der Waals surface area contributed by atoms with E-state index in [0.29, 0.717) is 13.2 Å². The number of hydrogen-bond donors (Lipinski definition) is 3. The standard InChI is InChI=1S/C18H30N4O/c1-6-13-23-16-10-8-7-9-15(16)14-21-17(19-5)20-11-12-22-18(2,3)4/h6-10,22H,1,11-14H2,2-5H3,(H2,19,20,21). The van der Waals surface area contributed by atoms with Crippen LogP contribution in [0.4, 0.5) is 0 Å². The second-order valence-electron chi connectivity index (χ2n) is 6.24. The van der Waals surface area contributed by atoms with Gasteiger partial charge in [0, 0.05) is 37.8 Å². The fraction of sp³-hybridized carbons (Fsp3) is 0.500. The lowest BCUT2D eigenvalue weighted by Gasteiger charge is -2.21. The molecule has 0 radical (unpaired) electrons. The number of nitrogens with one attached hydrogen (secondary N) is 3. The van der Waals surface area contributed by atoms with Crippen molar-refractivity contribution in [2.45, 2.75) is 32.9 Å². The molecular weight excluding hydrogens is 288 g/mol. The summed E-state index contributed by atoms with van der Waals surface area (Å²) in [5.41, 5.74) is 1.21. The molecule has 0 saturated carbocycles. The van der Waals surface area contributed by atoms with E-state index < -0.39 is 0 Å². The van der Waals surface area contributed by atoms with Crippen molar-refractivity contribution in [1.82, 2.24) is 16.0 Å². The van der Waals surface area contributed by atoms with Crippen molar-refractivity contribution in [3.63, 3.8) is 0 Å². The molecule has 0 fully saturated rings. The minimum atomic E-state index is 0.125. The van der Waals surface area contributed by atoms with E-state index in [2.05, 4.69) is 48.3 Å². The van der Waals surface area contributed by atoms with Crippen molar-refractivity contribution in [3.8, 4) is 5.75 Å². The molecule has 0 aliphatic heterocycles. The molecule has 1 rings (SSSR count). The molecule has 0 aromatic heterocycles. The molecule has 5 heteroatoms. The van der Waals surface area contributed by atoms with E-state index >= 15 is 0 Å². The van der Waals surface area contributed by atoms with Gasteiger partial charge in [-0.15, -0.1) is 0 Å². The maximum absolute atomic E-state index is 5.66. The molecule has 1 aromatic carbocycles. The molecular formula is C18H30N4O. The highest BCUT2D eigenvalue weighted by Crippen LogP contribution is 2.17. The molecule has 23 heavy (non-hydrogen) atoms. The minimum absolute atomic E-state index is 0.125. The highest BCUT2D eigenvalue weighted by atomic mass is 16.5. The first-order valence-electron chi connectivity index (χ1n) is 7.97. The molecule has 0 aliphatic rings. The summed E-state index contributed by atoms with van der Waals surface area (Å²) in [5, 5.41) is 10.0. The van der Waals surface area contributed by atoms with Crippen molar-refractivity contribution in [1.29, 1.82) is 0 Å². The largest absolute Gasteiger partial charge is 0.489 e. The van der Waals surface area contributed by atoms with Crippen molar-refractivity contribution in [2.24, 2.45) is 4.99 Å². The van der Waals surface area contributed by atoms with Crippen LogP contribution < -0.4 is 20.7 Å². The highest BCUT2D eigenvalue weighted by molar-refractivity contribution is 5.79. The predicted octanol–water partition coefficient (Wildman–Crippen LogP) is 2.30. The van der Waals surface area contributed by atoms with Crippen molar-refractivity contribution in [3.05, 3.63) is 42.5 Å². The van der Waals surface area contributed by atoms with Crippen molar-refractivity contribution < 1.29 is 4.74 Å². The molecule has 0 atom stereocenters. The van der Waals surface area contributed by atoms with Gasteiger partial charge in [-0.2, -0.15) is 0 Å². The number of nitrogens with zero attached hydrogens (tertiary/aromatic N) is 1. The van der Waals surface area contributed by atoms with Crippen molar-refractivity contribution >= 4 is 5.96 Å². The van der Waals surface area contributed by atoms with Gasteiger partial charge in [-0.05, 0) is 26.8 Å². The smallest absolute Gasteiger partial charge is 0.191 e. The van der Waals surface area contributed by atoms with Crippen LogP contribution in [0.1, 0.15) is 26.3 Å². The summed E-state index contributed by atoms with van der Waals surface area (Å²) in [4.78, 5) is 4.24. The third-order valence-electron chi connectivity index (χ3n) is 3.07. The predicted molar refractivity (Wildman–Crippen MR) is 98.1 cm³/mol. The van der Waals surface area contributed by atoms with Gasteiger partial charge in [-0.3, -0.25) is 4.99 Å². The average molecular weight is 318 g/mol. The third kappa shape index (κ3) is 8.26. The van der Waals surface area contributed by atoms with Crippen LogP contribution in [-0.2, 0) is 6.54 Å². The van der Waals surface area contributed by atoms with Crippen LogP contribution in [0.15, 0.2) is 41.9 Å². The number of rotatable bonds is 8. The SMILES string of the molecule is C=CCOc1ccccc1CNC(=NC)NCCNC(C)(C)C. The van der Waals surface area contributed by atoms with E-state index in [1.807, 2.05) is 24.3 Å². The van der Waals surface area contributed by atoms with Crippen LogP contribution in [-0.4, -0.2) is 38.2 Å². The van der Waals surface area contributed by atoms with Gasteiger partial charge in [-0.25, -0.2) is 0 Å². The molecule has 1 aromatic rings. The Balaban J connectivity index is 2.44. The van der Waals surface area contributed by atoms with Crippen LogP contribution >= 0.6 is 0 Å². The quantitative estimate of drug-likeness (QED) is 0.298.